The molecular weight excluding hydrogens is 534 g/mol. The Morgan fingerprint density at radius 1 is 0.900 bits per heavy atom. The maximum atomic E-state index is 13.6. The Morgan fingerprint density at radius 2 is 1.55 bits per heavy atom. The molecule has 0 aliphatic carbocycles. The van der Waals surface area contributed by atoms with E-state index in [0.717, 1.165) is 0 Å². The van der Waals surface area contributed by atoms with Crippen molar-refractivity contribution in [2.75, 3.05) is 24.3 Å². The number of benzene rings is 3. The van der Waals surface area contributed by atoms with Crippen LogP contribution in [0.15, 0.2) is 82.3 Å². The number of methoxy groups -OCH3 is 2. The minimum absolute atomic E-state index is 0.0118. The molecule has 204 valence electrons. The van der Waals surface area contributed by atoms with Crippen LogP contribution in [0.25, 0.3) is 22.2 Å². The van der Waals surface area contributed by atoms with Gasteiger partial charge < -0.3 is 24.9 Å². The van der Waals surface area contributed by atoms with E-state index in [1.165, 1.54) is 32.6 Å². The van der Waals surface area contributed by atoms with E-state index in [9.17, 15) is 13.2 Å². The average Bonchev–Trinajstić information content (AvgIpc) is 3.34. The minimum Gasteiger partial charge on any atom is -0.497 e. The van der Waals surface area contributed by atoms with Gasteiger partial charge in [0.15, 0.2) is 17.4 Å². The molecule has 0 atom stereocenters. The number of amides is 1. The zero-order valence-electron chi connectivity index (χ0n) is 21.8. The molecule has 4 N–H and O–H groups in total. The lowest BCUT2D eigenvalue weighted by atomic mass is 10.0. The van der Waals surface area contributed by atoms with E-state index in [1.54, 1.807) is 55.5 Å². The SMILES string of the molecule is COc1cc(Nc2nc3ccccc3nc2NS(=O)(=O)c2cccc(-c3coc(C(N)=O)c3C)c2)cc(OC)c1. The summed E-state index contributed by atoms with van der Waals surface area (Å²) in [5.74, 6) is 0.523. The molecule has 5 rings (SSSR count). The highest BCUT2D eigenvalue weighted by atomic mass is 32.2. The standard InChI is InChI=1S/C28H25N5O6S/c1-16-22(15-39-25(16)26(29)34)17-7-6-8-21(11-17)40(35,36)33-28-27(31-23-9-4-5-10-24(23)32-28)30-18-12-19(37-2)14-20(13-18)38-3/h4-15H,1-3H3,(H2,29,34)(H,30,31)(H,32,33). The number of carbonyl (C=O) groups is 1. The lowest BCUT2D eigenvalue weighted by molar-refractivity contribution is 0.0973. The second-order valence-corrected chi connectivity index (χ2v) is 10.4. The van der Waals surface area contributed by atoms with Gasteiger partial charge in [0.2, 0.25) is 0 Å². The number of carbonyl (C=O) groups excluding carboxylic acids is 1. The smallest absolute Gasteiger partial charge is 0.284 e. The molecule has 0 spiro atoms. The third-order valence-electron chi connectivity index (χ3n) is 6.13. The van der Waals surface area contributed by atoms with Crippen LogP contribution in [0.1, 0.15) is 16.1 Å². The summed E-state index contributed by atoms with van der Waals surface area (Å²) in [5.41, 5.74) is 8.55. The van der Waals surface area contributed by atoms with Crippen molar-refractivity contribution in [1.82, 2.24) is 9.97 Å². The van der Waals surface area contributed by atoms with Gasteiger partial charge in [-0.15, -0.1) is 0 Å². The lowest BCUT2D eigenvalue weighted by Gasteiger charge is -2.15. The summed E-state index contributed by atoms with van der Waals surface area (Å²) in [6, 6.07) is 18.5. The largest absolute Gasteiger partial charge is 0.497 e. The number of para-hydroxylation sites is 2. The van der Waals surface area contributed by atoms with Crippen molar-refractivity contribution in [3.8, 4) is 22.6 Å². The molecule has 2 aromatic heterocycles. The number of primary amides is 1. The Balaban J connectivity index is 1.54. The molecule has 0 aliphatic rings. The molecule has 11 nitrogen and oxygen atoms in total. The summed E-state index contributed by atoms with van der Waals surface area (Å²) in [4.78, 5) is 20.7. The number of nitrogens with two attached hydrogens (primary N) is 1. The number of fused-ring (bicyclic) bond motifs is 1. The van der Waals surface area contributed by atoms with Crippen molar-refractivity contribution in [3.63, 3.8) is 0 Å². The number of ether oxygens (including phenoxy) is 2. The van der Waals surface area contributed by atoms with Crippen LogP contribution in [0.2, 0.25) is 0 Å². The number of rotatable bonds is 9. The van der Waals surface area contributed by atoms with Crippen LogP contribution in [0, 0.1) is 6.92 Å². The quantitative estimate of drug-likeness (QED) is 0.229. The van der Waals surface area contributed by atoms with Crippen molar-refractivity contribution in [3.05, 3.63) is 84.3 Å². The number of hydrogen-bond acceptors (Lipinski definition) is 9. The van der Waals surface area contributed by atoms with E-state index < -0.39 is 15.9 Å². The molecule has 1 amide bonds. The van der Waals surface area contributed by atoms with Gasteiger partial charge >= 0.3 is 0 Å². The maximum absolute atomic E-state index is 13.6. The molecule has 5 aromatic rings. The van der Waals surface area contributed by atoms with Gasteiger partial charge in [0.05, 0.1) is 36.4 Å². The third kappa shape index (κ3) is 5.24. The Hall–Kier alpha value is -5.10. The van der Waals surface area contributed by atoms with E-state index >= 15 is 0 Å². The number of nitrogens with one attached hydrogen (secondary N) is 2. The summed E-state index contributed by atoms with van der Waals surface area (Å²) >= 11 is 0. The van der Waals surface area contributed by atoms with Crippen LogP contribution >= 0.6 is 0 Å². The minimum atomic E-state index is -4.14. The Kier molecular flexibility index (Phi) is 7.01. The first-order chi connectivity index (χ1) is 19.2. The first kappa shape index (κ1) is 26.5. The molecule has 0 unspecified atom stereocenters. The van der Waals surface area contributed by atoms with Gasteiger partial charge in [0.25, 0.3) is 15.9 Å². The van der Waals surface area contributed by atoms with Crippen LogP contribution in [-0.2, 0) is 10.0 Å². The van der Waals surface area contributed by atoms with Crippen LogP contribution in [-0.4, -0.2) is 38.5 Å². The summed E-state index contributed by atoms with van der Waals surface area (Å²) in [6.07, 6.45) is 1.37. The topological polar surface area (TPSA) is 159 Å². The second-order valence-electron chi connectivity index (χ2n) is 8.74. The van der Waals surface area contributed by atoms with Crippen LogP contribution in [0.4, 0.5) is 17.3 Å². The number of nitrogens with zero attached hydrogens (tertiary/aromatic N) is 2. The van der Waals surface area contributed by atoms with E-state index in [0.29, 0.717) is 44.9 Å². The van der Waals surface area contributed by atoms with Crippen LogP contribution < -0.4 is 25.2 Å². The maximum Gasteiger partial charge on any atom is 0.284 e. The van der Waals surface area contributed by atoms with Gasteiger partial charge in [-0.3, -0.25) is 9.52 Å². The molecule has 0 radical (unpaired) electrons. The van der Waals surface area contributed by atoms with E-state index in [2.05, 4.69) is 20.0 Å². The Bertz CT molecular complexity index is 1830. The molecule has 0 saturated carbocycles. The molecular formula is C28H25N5O6S. The van der Waals surface area contributed by atoms with Gasteiger partial charge in [-0.05, 0) is 36.8 Å². The fourth-order valence-electron chi connectivity index (χ4n) is 4.14. The molecule has 40 heavy (non-hydrogen) atoms. The van der Waals surface area contributed by atoms with Gasteiger partial charge in [-0.2, -0.15) is 0 Å². The van der Waals surface area contributed by atoms with E-state index in [4.69, 9.17) is 19.6 Å². The highest BCUT2D eigenvalue weighted by Gasteiger charge is 2.22. The molecule has 2 heterocycles. The van der Waals surface area contributed by atoms with Crippen molar-refractivity contribution in [2.24, 2.45) is 5.73 Å². The summed E-state index contributed by atoms with van der Waals surface area (Å²) < 4.78 is 45.7. The van der Waals surface area contributed by atoms with Crippen molar-refractivity contribution in [2.45, 2.75) is 11.8 Å². The lowest BCUT2D eigenvalue weighted by Crippen LogP contribution is -2.16. The van der Waals surface area contributed by atoms with Crippen molar-refractivity contribution in [1.29, 1.82) is 0 Å². The Morgan fingerprint density at radius 3 is 2.15 bits per heavy atom. The number of sulfonamides is 1. The van der Waals surface area contributed by atoms with Crippen molar-refractivity contribution < 1.29 is 27.1 Å². The monoisotopic (exact) mass is 559 g/mol. The molecule has 0 saturated heterocycles. The second kappa shape index (κ2) is 10.6. The van der Waals surface area contributed by atoms with Gasteiger partial charge in [-0.1, -0.05) is 24.3 Å². The fraction of sp³-hybridized carbons (Fsp3) is 0.107. The number of hydrogen-bond donors (Lipinski definition) is 3. The predicted octanol–water partition coefficient (Wildman–Crippen LogP) is 4.86. The zero-order chi connectivity index (χ0) is 28.4. The highest BCUT2D eigenvalue weighted by molar-refractivity contribution is 7.92. The molecule has 0 bridgehead atoms. The van der Waals surface area contributed by atoms with Crippen LogP contribution in [0.3, 0.4) is 0 Å². The summed E-state index contributed by atoms with van der Waals surface area (Å²) in [6.45, 7) is 1.68. The number of aromatic nitrogens is 2. The normalized spacial score (nSPS) is 11.3. The van der Waals surface area contributed by atoms with E-state index in [1.807, 2.05) is 6.07 Å². The van der Waals surface area contributed by atoms with Gasteiger partial charge in [-0.25, -0.2) is 18.4 Å². The summed E-state index contributed by atoms with van der Waals surface area (Å²) in [7, 11) is -1.08. The molecule has 3 aromatic carbocycles. The average molecular weight is 560 g/mol. The summed E-state index contributed by atoms with van der Waals surface area (Å²) in [5, 5.41) is 3.13. The number of furan rings is 1. The Labute approximate surface area is 230 Å². The van der Waals surface area contributed by atoms with Gasteiger partial charge in [0.1, 0.15) is 11.5 Å². The van der Waals surface area contributed by atoms with Crippen LogP contribution in [0.5, 0.6) is 11.5 Å². The first-order valence-corrected chi connectivity index (χ1v) is 13.4. The van der Waals surface area contributed by atoms with Gasteiger partial charge in [0, 0.05) is 35.0 Å². The van der Waals surface area contributed by atoms with Crippen molar-refractivity contribution >= 4 is 44.3 Å². The third-order valence-corrected chi connectivity index (χ3v) is 7.47. The number of anilines is 3. The molecule has 12 heteroatoms. The molecule has 0 aliphatic heterocycles. The predicted molar refractivity (Wildman–Crippen MR) is 151 cm³/mol. The van der Waals surface area contributed by atoms with E-state index in [-0.39, 0.29) is 22.3 Å². The first-order valence-electron chi connectivity index (χ1n) is 12.0. The highest BCUT2D eigenvalue weighted by Crippen LogP contribution is 2.33. The fourth-order valence-corrected chi connectivity index (χ4v) is 5.19. The molecule has 0 fully saturated rings. The zero-order valence-corrected chi connectivity index (χ0v) is 22.6.